The fourth-order valence-corrected chi connectivity index (χ4v) is 1.62. The Balaban J connectivity index is 2.14. The molecule has 0 fully saturated rings. The molecule has 2 aromatic heterocycles. The summed E-state index contributed by atoms with van der Waals surface area (Å²) in [6.45, 7) is 0. The zero-order valence-electron chi connectivity index (χ0n) is 6.53. The van der Waals surface area contributed by atoms with E-state index in [1.807, 2.05) is 18.3 Å². The third-order valence-corrected chi connectivity index (χ3v) is 2.43. The summed E-state index contributed by atoms with van der Waals surface area (Å²) < 4.78 is 0. The predicted octanol–water partition coefficient (Wildman–Crippen LogP) is 3.25. The van der Waals surface area contributed by atoms with Crippen molar-refractivity contribution in [1.29, 1.82) is 0 Å². The molecule has 0 saturated carbocycles. The summed E-state index contributed by atoms with van der Waals surface area (Å²) in [5.41, 5.74) is 1.14. The van der Waals surface area contributed by atoms with Crippen molar-refractivity contribution >= 4 is 23.5 Å². The Hall–Kier alpha value is -1.28. The van der Waals surface area contributed by atoms with Gasteiger partial charge in [0.1, 0.15) is 0 Å². The highest BCUT2D eigenvalue weighted by Crippen LogP contribution is 2.12. The maximum absolute atomic E-state index is 3.12. The lowest BCUT2D eigenvalue weighted by Crippen LogP contribution is -1.65. The first kappa shape index (κ1) is 7.37. The van der Waals surface area contributed by atoms with Crippen LogP contribution in [0.4, 0.5) is 0 Å². The van der Waals surface area contributed by atoms with E-state index < -0.39 is 0 Å². The molecule has 0 spiro atoms. The van der Waals surface area contributed by atoms with Gasteiger partial charge in [0.25, 0.3) is 0 Å². The maximum atomic E-state index is 3.12. The van der Waals surface area contributed by atoms with Gasteiger partial charge in [-0.1, -0.05) is 6.07 Å². The lowest BCUT2D eigenvalue weighted by atomic mass is 10.3. The number of H-pyrrole nitrogens is 1. The van der Waals surface area contributed by atoms with Gasteiger partial charge in [-0.3, -0.25) is 0 Å². The lowest BCUT2D eigenvalue weighted by Gasteiger charge is -1.83. The van der Waals surface area contributed by atoms with Crippen molar-refractivity contribution in [3.05, 3.63) is 46.4 Å². The van der Waals surface area contributed by atoms with Crippen molar-refractivity contribution in [1.82, 2.24) is 4.98 Å². The van der Waals surface area contributed by atoms with E-state index in [2.05, 4.69) is 34.6 Å². The Bertz CT molecular complexity index is 307. The van der Waals surface area contributed by atoms with Gasteiger partial charge in [0, 0.05) is 16.8 Å². The van der Waals surface area contributed by atoms with E-state index >= 15 is 0 Å². The third kappa shape index (κ3) is 1.66. The molecule has 12 heavy (non-hydrogen) atoms. The van der Waals surface area contributed by atoms with Gasteiger partial charge in [0.15, 0.2) is 0 Å². The summed E-state index contributed by atoms with van der Waals surface area (Å²) in [7, 11) is 0. The number of hydrogen-bond donors (Lipinski definition) is 1. The second-order valence-corrected chi connectivity index (χ2v) is 3.45. The van der Waals surface area contributed by atoms with E-state index in [0.717, 1.165) is 5.69 Å². The van der Waals surface area contributed by atoms with E-state index in [4.69, 9.17) is 0 Å². The molecule has 0 atom stereocenters. The Morgan fingerprint density at radius 2 is 2.17 bits per heavy atom. The van der Waals surface area contributed by atoms with Crippen LogP contribution in [0.3, 0.4) is 0 Å². The molecule has 0 aliphatic heterocycles. The van der Waals surface area contributed by atoms with Gasteiger partial charge >= 0.3 is 0 Å². The molecular weight excluding hydrogens is 166 g/mol. The highest BCUT2D eigenvalue weighted by atomic mass is 32.1. The van der Waals surface area contributed by atoms with Crippen LogP contribution in [0.15, 0.2) is 35.8 Å². The van der Waals surface area contributed by atoms with Crippen molar-refractivity contribution in [3.8, 4) is 0 Å². The molecule has 0 aliphatic carbocycles. The molecule has 0 bridgehead atoms. The van der Waals surface area contributed by atoms with Crippen molar-refractivity contribution < 1.29 is 0 Å². The number of aromatic nitrogens is 1. The van der Waals surface area contributed by atoms with Crippen LogP contribution in [0, 0.1) is 0 Å². The topological polar surface area (TPSA) is 15.8 Å². The second-order valence-electron chi connectivity index (χ2n) is 2.47. The molecule has 60 valence electrons. The van der Waals surface area contributed by atoms with Gasteiger partial charge in [0.05, 0.1) is 0 Å². The summed E-state index contributed by atoms with van der Waals surface area (Å²) in [5, 5.41) is 2.08. The van der Waals surface area contributed by atoms with Crippen LogP contribution < -0.4 is 0 Å². The Morgan fingerprint density at radius 1 is 1.17 bits per heavy atom. The molecule has 2 aromatic rings. The summed E-state index contributed by atoms with van der Waals surface area (Å²) >= 11 is 1.74. The fraction of sp³-hybridized carbons (Fsp3) is 0. The van der Waals surface area contributed by atoms with Crippen LogP contribution in [0.5, 0.6) is 0 Å². The first-order valence-corrected chi connectivity index (χ1v) is 4.68. The molecule has 2 heteroatoms. The van der Waals surface area contributed by atoms with Crippen LogP contribution in [-0.4, -0.2) is 4.98 Å². The van der Waals surface area contributed by atoms with E-state index in [1.165, 1.54) is 4.88 Å². The normalized spacial score (nSPS) is 11.0. The Labute approximate surface area is 75.4 Å². The molecule has 0 radical (unpaired) electrons. The SMILES string of the molecule is C(=Cc1cccs1)c1ccc[nH]1. The summed E-state index contributed by atoms with van der Waals surface area (Å²) in [6, 6.07) is 8.20. The predicted molar refractivity (Wildman–Crippen MR) is 54.0 cm³/mol. The number of hydrogen-bond acceptors (Lipinski definition) is 1. The zero-order valence-corrected chi connectivity index (χ0v) is 7.34. The molecular formula is C10H9NS. The first-order chi connectivity index (χ1) is 5.95. The van der Waals surface area contributed by atoms with Gasteiger partial charge in [-0.2, -0.15) is 0 Å². The second kappa shape index (κ2) is 3.41. The maximum Gasteiger partial charge on any atom is 0.0380 e. The average molecular weight is 175 g/mol. The number of rotatable bonds is 2. The van der Waals surface area contributed by atoms with E-state index in [-0.39, 0.29) is 0 Å². The highest BCUT2D eigenvalue weighted by Gasteiger charge is 1.86. The van der Waals surface area contributed by atoms with Gasteiger partial charge in [-0.25, -0.2) is 0 Å². The van der Waals surface area contributed by atoms with Crippen LogP contribution in [-0.2, 0) is 0 Å². The van der Waals surface area contributed by atoms with Crippen LogP contribution in [0.25, 0.3) is 12.2 Å². The van der Waals surface area contributed by atoms with E-state index in [0.29, 0.717) is 0 Å². The molecule has 0 amide bonds. The lowest BCUT2D eigenvalue weighted by molar-refractivity contribution is 1.38. The first-order valence-electron chi connectivity index (χ1n) is 3.80. The van der Waals surface area contributed by atoms with Crippen molar-refractivity contribution in [2.45, 2.75) is 0 Å². The third-order valence-electron chi connectivity index (χ3n) is 1.59. The molecule has 1 N–H and O–H groups in total. The van der Waals surface area contributed by atoms with Crippen molar-refractivity contribution in [2.75, 3.05) is 0 Å². The zero-order chi connectivity index (χ0) is 8.23. The summed E-state index contributed by atoms with van der Waals surface area (Å²) in [5.74, 6) is 0. The molecule has 0 unspecified atom stereocenters. The molecule has 0 aromatic carbocycles. The average Bonchev–Trinajstić information content (AvgIpc) is 2.74. The largest absolute Gasteiger partial charge is 0.362 e. The van der Waals surface area contributed by atoms with Gasteiger partial charge in [-0.15, -0.1) is 11.3 Å². The standard InChI is InChI=1S/C10H9NS/c1-3-9(11-7-1)5-6-10-4-2-8-12-10/h1-8,11H. The molecule has 2 rings (SSSR count). The summed E-state index contributed by atoms with van der Waals surface area (Å²) in [6.07, 6.45) is 6.11. The van der Waals surface area contributed by atoms with Crippen molar-refractivity contribution in [2.24, 2.45) is 0 Å². The van der Waals surface area contributed by atoms with Crippen molar-refractivity contribution in [3.63, 3.8) is 0 Å². The van der Waals surface area contributed by atoms with Crippen LogP contribution >= 0.6 is 11.3 Å². The highest BCUT2D eigenvalue weighted by molar-refractivity contribution is 7.10. The monoisotopic (exact) mass is 175 g/mol. The number of thiophene rings is 1. The van der Waals surface area contributed by atoms with Crippen LogP contribution in [0.1, 0.15) is 10.6 Å². The number of nitrogens with one attached hydrogen (secondary N) is 1. The smallest absolute Gasteiger partial charge is 0.0380 e. The summed E-state index contributed by atoms with van der Waals surface area (Å²) in [4.78, 5) is 4.40. The Morgan fingerprint density at radius 3 is 2.83 bits per heavy atom. The van der Waals surface area contributed by atoms with E-state index in [1.54, 1.807) is 11.3 Å². The van der Waals surface area contributed by atoms with Gasteiger partial charge in [0.2, 0.25) is 0 Å². The van der Waals surface area contributed by atoms with Gasteiger partial charge in [-0.05, 0) is 35.7 Å². The van der Waals surface area contributed by atoms with E-state index in [9.17, 15) is 0 Å². The number of aromatic amines is 1. The van der Waals surface area contributed by atoms with Gasteiger partial charge < -0.3 is 4.98 Å². The minimum atomic E-state index is 1.14. The minimum absolute atomic E-state index is 1.14. The molecule has 2 heterocycles. The Kier molecular flexibility index (Phi) is 2.10. The quantitative estimate of drug-likeness (QED) is 0.721. The molecule has 0 aliphatic rings. The molecule has 0 saturated heterocycles. The molecule has 1 nitrogen and oxygen atoms in total. The fourth-order valence-electron chi connectivity index (χ4n) is 1.01. The van der Waals surface area contributed by atoms with Crippen LogP contribution in [0.2, 0.25) is 0 Å². The minimum Gasteiger partial charge on any atom is -0.362 e.